The van der Waals surface area contributed by atoms with E-state index >= 15 is 0 Å². The molecule has 2 radical (unpaired) electrons. The second-order valence-electron chi connectivity index (χ2n) is 7.37. The van der Waals surface area contributed by atoms with Crippen molar-refractivity contribution in [2.75, 3.05) is 0 Å². The van der Waals surface area contributed by atoms with Crippen molar-refractivity contribution in [3.05, 3.63) is 72.1 Å². The summed E-state index contributed by atoms with van der Waals surface area (Å²) in [7, 11) is -0.463. The van der Waals surface area contributed by atoms with Crippen LogP contribution in [0.2, 0.25) is 18.1 Å². The van der Waals surface area contributed by atoms with E-state index in [9.17, 15) is 0 Å². The van der Waals surface area contributed by atoms with Crippen molar-refractivity contribution >= 4 is 27.3 Å². The van der Waals surface area contributed by atoms with E-state index in [1.165, 1.54) is 15.9 Å². The van der Waals surface area contributed by atoms with E-state index in [0.29, 0.717) is 5.04 Å². The van der Waals surface area contributed by atoms with Gasteiger partial charge < -0.3 is 6.08 Å². The molecular formula is C23H33PRhSi+. The zero-order valence-electron chi connectivity index (χ0n) is 17.3. The van der Waals surface area contributed by atoms with Crippen molar-refractivity contribution < 1.29 is 19.5 Å². The number of allylic oxidation sites excluding steroid dienone is 2. The van der Waals surface area contributed by atoms with Gasteiger partial charge in [0.05, 0.1) is 0 Å². The number of benzene rings is 2. The largest absolute Gasteiger partial charge is 2.00 e. The topological polar surface area (TPSA) is 0 Å². The van der Waals surface area contributed by atoms with Crippen molar-refractivity contribution in [1.82, 2.24) is 0 Å². The molecule has 0 amide bonds. The van der Waals surface area contributed by atoms with Crippen LogP contribution in [-0.4, -0.2) is 8.80 Å². The van der Waals surface area contributed by atoms with E-state index in [1.807, 2.05) is 0 Å². The third-order valence-corrected chi connectivity index (χ3v) is 9.75. The first-order chi connectivity index (χ1) is 11.8. The maximum Gasteiger partial charge on any atom is 2.00 e. The van der Waals surface area contributed by atoms with Gasteiger partial charge >= 0.3 is 19.5 Å². The second kappa shape index (κ2) is 12.8. The Morgan fingerprint density at radius 3 is 1.50 bits per heavy atom. The number of rotatable bonds is 4. The minimum Gasteiger partial charge on any atom is -0.492 e. The molecule has 0 spiro atoms. The van der Waals surface area contributed by atoms with E-state index in [0.717, 1.165) is 6.42 Å². The quantitative estimate of drug-likeness (QED) is 0.262. The van der Waals surface area contributed by atoms with Crippen LogP contribution in [0.4, 0.5) is 0 Å². The first kappa shape index (κ1) is 25.5. The van der Waals surface area contributed by atoms with E-state index < -0.39 is 7.92 Å². The van der Waals surface area contributed by atoms with Crippen LogP contribution in [0.5, 0.6) is 0 Å². The molecule has 0 unspecified atom stereocenters. The predicted molar refractivity (Wildman–Crippen MR) is 119 cm³/mol. The van der Waals surface area contributed by atoms with E-state index in [2.05, 4.69) is 114 Å². The maximum atomic E-state index is 3.49. The Morgan fingerprint density at radius 1 is 0.885 bits per heavy atom. The van der Waals surface area contributed by atoms with Crippen molar-refractivity contribution in [3.63, 3.8) is 0 Å². The summed E-state index contributed by atoms with van der Waals surface area (Å²) in [6.45, 7) is 16.0. The van der Waals surface area contributed by atoms with E-state index in [4.69, 9.17) is 0 Å². The molecule has 0 fully saturated rings. The molecule has 2 aromatic rings. The molecule has 0 saturated carbocycles. The molecule has 0 aromatic heterocycles. The normalized spacial score (nSPS) is 11.7. The smallest absolute Gasteiger partial charge is 0.492 e. The van der Waals surface area contributed by atoms with Crippen molar-refractivity contribution in [3.8, 4) is 0 Å². The number of hydrogen-bond donors (Lipinski definition) is 0. The van der Waals surface area contributed by atoms with Crippen LogP contribution in [0, 0.1) is 6.08 Å². The Hall–Kier alpha value is -0.550. The second-order valence-corrected chi connectivity index (χ2v) is 13.2. The van der Waals surface area contributed by atoms with Crippen LogP contribution in [0.3, 0.4) is 0 Å². The molecule has 3 heteroatoms. The Bertz CT molecular complexity index is 591. The Labute approximate surface area is 177 Å². The third-order valence-electron chi connectivity index (χ3n) is 4.30. The van der Waals surface area contributed by atoms with Gasteiger partial charge in [0.2, 0.25) is 0 Å². The van der Waals surface area contributed by atoms with Crippen molar-refractivity contribution in [2.45, 2.75) is 59.2 Å². The van der Waals surface area contributed by atoms with Crippen LogP contribution in [0.1, 0.15) is 41.0 Å². The summed E-state index contributed by atoms with van der Waals surface area (Å²) in [6, 6.07) is 21.5. The average Bonchev–Trinajstić information content (AvgIpc) is 2.57. The SMILES string of the molecule is CC[C-]=C(C)P(c1ccccc1)c1ccccc1.C[Si](C)C(C)(C)C.[Rh+2]. The fourth-order valence-electron chi connectivity index (χ4n) is 2.03. The molecule has 0 atom stereocenters. The van der Waals surface area contributed by atoms with Crippen molar-refractivity contribution in [2.24, 2.45) is 0 Å². The molecule has 0 nitrogen and oxygen atoms in total. The van der Waals surface area contributed by atoms with Crippen LogP contribution in [0.25, 0.3) is 0 Å². The minimum absolute atomic E-state index is 0. The molecule has 0 aliphatic rings. The molecule has 2 rings (SSSR count). The summed E-state index contributed by atoms with van der Waals surface area (Å²) < 4.78 is 0. The first-order valence-electron chi connectivity index (χ1n) is 9.05. The molecule has 142 valence electrons. The van der Waals surface area contributed by atoms with Gasteiger partial charge in [-0.25, -0.2) is 5.31 Å². The van der Waals surface area contributed by atoms with Crippen LogP contribution in [-0.2, 0) is 19.5 Å². The van der Waals surface area contributed by atoms with Gasteiger partial charge in [-0.3, -0.25) is 0 Å². The predicted octanol–water partition coefficient (Wildman–Crippen LogP) is 6.77. The van der Waals surface area contributed by atoms with Gasteiger partial charge in [0.1, 0.15) is 0 Å². The van der Waals surface area contributed by atoms with Crippen LogP contribution in [0.15, 0.2) is 66.0 Å². The van der Waals surface area contributed by atoms with Gasteiger partial charge in [0, 0.05) is 8.80 Å². The van der Waals surface area contributed by atoms with Crippen molar-refractivity contribution in [1.29, 1.82) is 0 Å². The standard InChI is InChI=1S/C17H18P.C6H15Si.Rh/c1-3-10-15(2)18(16-11-6-4-7-12-16)17-13-8-5-9-14-17;1-6(2,3)7(4)5;/h4-9,11-14H,3H2,1-2H3;1-5H3;/q-1;;+2. The summed E-state index contributed by atoms with van der Waals surface area (Å²) in [5, 5.41) is 4.77. The number of hydrogen-bond acceptors (Lipinski definition) is 0. The molecule has 26 heavy (non-hydrogen) atoms. The summed E-state index contributed by atoms with van der Waals surface area (Å²) in [5.41, 5.74) is 0. The zero-order valence-corrected chi connectivity index (χ0v) is 20.8. The molecule has 0 heterocycles. The van der Waals surface area contributed by atoms with E-state index in [1.54, 1.807) is 0 Å². The van der Waals surface area contributed by atoms with Gasteiger partial charge in [-0.2, -0.15) is 6.42 Å². The van der Waals surface area contributed by atoms with Gasteiger partial charge in [0.25, 0.3) is 0 Å². The summed E-state index contributed by atoms with van der Waals surface area (Å²) >= 11 is 0. The summed E-state index contributed by atoms with van der Waals surface area (Å²) in [5.74, 6) is 0. The summed E-state index contributed by atoms with van der Waals surface area (Å²) in [4.78, 5) is 0. The average molecular weight is 471 g/mol. The minimum atomic E-state index is -0.412. The molecule has 0 bridgehead atoms. The molecule has 0 saturated heterocycles. The summed E-state index contributed by atoms with van der Waals surface area (Å²) in [6.07, 6.45) is 4.46. The monoisotopic (exact) mass is 471 g/mol. The van der Waals surface area contributed by atoms with Crippen LogP contribution >= 0.6 is 7.92 Å². The third kappa shape index (κ3) is 8.90. The molecule has 0 N–H and O–H groups in total. The molecule has 2 aromatic carbocycles. The Balaban J connectivity index is 0.000000673. The van der Waals surface area contributed by atoms with Gasteiger partial charge in [-0.05, 0) is 15.6 Å². The van der Waals surface area contributed by atoms with Gasteiger partial charge in [-0.1, -0.05) is 116 Å². The molecular weight excluding hydrogens is 438 g/mol. The first-order valence-corrected chi connectivity index (χ1v) is 12.9. The fourth-order valence-corrected chi connectivity index (χ4v) is 4.35. The fraction of sp³-hybridized carbons (Fsp3) is 0.391. The van der Waals surface area contributed by atoms with Gasteiger partial charge in [0.15, 0.2) is 0 Å². The van der Waals surface area contributed by atoms with Crippen LogP contribution < -0.4 is 10.6 Å². The maximum absolute atomic E-state index is 3.49. The Morgan fingerprint density at radius 2 is 1.23 bits per heavy atom. The molecule has 0 aliphatic heterocycles. The van der Waals surface area contributed by atoms with E-state index in [-0.39, 0.29) is 28.3 Å². The zero-order chi connectivity index (χ0) is 18.9. The Kier molecular flexibility index (Phi) is 12.5. The molecule has 0 aliphatic carbocycles. The van der Waals surface area contributed by atoms with Gasteiger partial charge in [-0.15, -0.1) is 0 Å².